The summed E-state index contributed by atoms with van der Waals surface area (Å²) >= 11 is 0. The monoisotopic (exact) mass is 212 g/mol. The molecule has 0 amide bonds. The Morgan fingerprint density at radius 3 is 2.53 bits per heavy atom. The number of imidazole rings is 1. The molecular formula is C10H20N4O. The van der Waals surface area contributed by atoms with Crippen LogP contribution in [0.15, 0.2) is 6.20 Å². The Morgan fingerprint density at radius 2 is 2.27 bits per heavy atom. The molecule has 0 saturated heterocycles. The van der Waals surface area contributed by atoms with Crippen molar-refractivity contribution in [3.05, 3.63) is 17.7 Å². The van der Waals surface area contributed by atoms with Gasteiger partial charge in [0.2, 0.25) is 0 Å². The van der Waals surface area contributed by atoms with E-state index in [-0.39, 0.29) is 0 Å². The zero-order chi connectivity index (χ0) is 11.7. The molecule has 0 aliphatic carbocycles. The lowest BCUT2D eigenvalue weighted by Crippen LogP contribution is -2.21. The molecule has 0 aromatic carbocycles. The minimum absolute atomic E-state index is 0.414. The van der Waals surface area contributed by atoms with Crippen LogP contribution in [0.3, 0.4) is 0 Å². The van der Waals surface area contributed by atoms with Crippen LogP contribution in [0, 0.1) is 13.8 Å². The number of aromatic nitrogens is 2. The number of aldehydes is 1. The van der Waals surface area contributed by atoms with E-state index in [4.69, 9.17) is 5.73 Å². The van der Waals surface area contributed by atoms with Crippen LogP contribution < -0.4 is 11.1 Å². The molecule has 1 rings (SSSR count). The normalized spacial score (nSPS) is 9.33. The van der Waals surface area contributed by atoms with Gasteiger partial charge in [-0.3, -0.25) is 0 Å². The van der Waals surface area contributed by atoms with Gasteiger partial charge >= 0.3 is 0 Å². The fourth-order valence-electron chi connectivity index (χ4n) is 1.08. The highest BCUT2D eigenvalue weighted by Crippen LogP contribution is 2.00. The molecule has 0 bridgehead atoms. The number of nitrogens with one attached hydrogen (secondary N) is 1. The average Bonchev–Trinajstić information content (AvgIpc) is 2.52. The number of carbonyl (C=O) groups excluding carboxylic acids is 1. The Labute approximate surface area is 90.7 Å². The van der Waals surface area contributed by atoms with Crippen molar-refractivity contribution in [1.29, 1.82) is 0 Å². The summed E-state index contributed by atoms with van der Waals surface area (Å²) in [7, 11) is 0. The van der Waals surface area contributed by atoms with E-state index in [1.54, 1.807) is 6.20 Å². The molecule has 1 heterocycles. The third-order valence-corrected chi connectivity index (χ3v) is 1.91. The first kappa shape index (κ1) is 13.8. The van der Waals surface area contributed by atoms with Crippen molar-refractivity contribution < 1.29 is 4.79 Å². The number of nitrogens with two attached hydrogens (primary N) is 1. The van der Waals surface area contributed by atoms with E-state index >= 15 is 0 Å². The number of aryl methyl sites for hydroxylation is 2. The van der Waals surface area contributed by atoms with Gasteiger partial charge in [0.15, 0.2) is 0 Å². The van der Waals surface area contributed by atoms with E-state index in [0.717, 1.165) is 24.3 Å². The van der Waals surface area contributed by atoms with Crippen LogP contribution in [0.25, 0.3) is 0 Å². The second-order valence-electron chi connectivity index (χ2n) is 3.03. The molecule has 3 N–H and O–H groups in total. The lowest BCUT2D eigenvalue weighted by molar-refractivity contribution is -0.108. The third-order valence-electron chi connectivity index (χ3n) is 1.91. The number of hydrogen-bond acceptors (Lipinski definition) is 4. The highest BCUT2D eigenvalue weighted by molar-refractivity contribution is 5.49. The van der Waals surface area contributed by atoms with Crippen LogP contribution in [0.2, 0.25) is 0 Å². The van der Waals surface area contributed by atoms with Crippen LogP contribution >= 0.6 is 0 Å². The van der Waals surface area contributed by atoms with Crippen LogP contribution in [0.5, 0.6) is 0 Å². The third kappa shape index (κ3) is 5.29. The van der Waals surface area contributed by atoms with Gasteiger partial charge in [-0.1, -0.05) is 6.92 Å². The van der Waals surface area contributed by atoms with Crippen molar-refractivity contribution in [2.45, 2.75) is 27.3 Å². The van der Waals surface area contributed by atoms with Crippen molar-refractivity contribution >= 4 is 6.29 Å². The Balaban J connectivity index is 0.000000336. The number of hydrogen-bond donors (Lipinski definition) is 2. The van der Waals surface area contributed by atoms with Gasteiger partial charge in [0.05, 0.1) is 6.54 Å². The molecule has 0 fully saturated rings. The molecule has 15 heavy (non-hydrogen) atoms. The van der Waals surface area contributed by atoms with Crippen molar-refractivity contribution in [2.75, 3.05) is 13.2 Å². The Hall–Kier alpha value is -1.20. The van der Waals surface area contributed by atoms with Gasteiger partial charge in [0.25, 0.3) is 0 Å². The van der Waals surface area contributed by atoms with Crippen LogP contribution in [-0.2, 0) is 11.3 Å². The average molecular weight is 212 g/mol. The smallest absolute Gasteiger partial charge is 0.139 e. The minimum Gasteiger partial charge on any atom is -0.325 e. The van der Waals surface area contributed by atoms with Gasteiger partial charge in [0, 0.05) is 18.6 Å². The van der Waals surface area contributed by atoms with E-state index < -0.39 is 0 Å². The van der Waals surface area contributed by atoms with Gasteiger partial charge in [-0.15, -0.1) is 0 Å². The van der Waals surface area contributed by atoms with Crippen LogP contribution in [0.4, 0.5) is 0 Å². The standard InChI is InChI=1S/C7H10N2O.C3H10N2/c1-6-5-8-7(2)9(6)3-4-10;1-2-5-3-4/h4-5H,3H2,1-2H3;5H,2-4H2,1H3. The van der Waals surface area contributed by atoms with E-state index in [1.807, 2.05) is 25.3 Å². The molecule has 5 nitrogen and oxygen atoms in total. The molecule has 1 aromatic rings. The van der Waals surface area contributed by atoms with Gasteiger partial charge < -0.3 is 20.4 Å². The van der Waals surface area contributed by atoms with E-state index in [1.165, 1.54) is 0 Å². The predicted molar refractivity (Wildman–Crippen MR) is 60.5 cm³/mol. The first-order valence-electron chi connectivity index (χ1n) is 5.00. The quantitative estimate of drug-likeness (QED) is 0.553. The molecule has 0 unspecified atom stereocenters. The molecule has 0 atom stereocenters. The minimum atomic E-state index is 0.414. The summed E-state index contributed by atoms with van der Waals surface area (Å²) in [5.74, 6) is 0.893. The summed E-state index contributed by atoms with van der Waals surface area (Å²) < 4.78 is 1.87. The van der Waals surface area contributed by atoms with Crippen LogP contribution in [-0.4, -0.2) is 29.1 Å². The lowest BCUT2D eigenvalue weighted by Gasteiger charge is -1.99. The van der Waals surface area contributed by atoms with Crippen molar-refractivity contribution in [3.8, 4) is 0 Å². The zero-order valence-electron chi connectivity index (χ0n) is 9.66. The van der Waals surface area contributed by atoms with Gasteiger partial charge in [-0.2, -0.15) is 0 Å². The number of carbonyl (C=O) groups is 1. The molecule has 86 valence electrons. The SMILES string of the molecule is CCNCN.Cc1cnc(C)n1CC=O. The van der Waals surface area contributed by atoms with E-state index in [2.05, 4.69) is 10.3 Å². The van der Waals surface area contributed by atoms with Gasteiger partial charge in [0.1, 0.15) is 12.1 Å². The molecule has 0 aliphatic heterocycles. The molecule has 1 aromatic heterocycles. The summed E-state index contributed by atoms with van der Waals surface area (Å²) in [6.45, 7) is 7.82. The predicted octanol–water partition coefficient (Wildman–Crippen LogP) is 0.211. The summed E-state index contributed by atoms with van der Waals surface area (Å²) in [5.41, 5.74) is 6.06. The Bertz CT molecular complexity index is 261. The molecular weight excluding hydrogens is 192 g/mol. The first-order valence-corrected chi connectivity index (χ1v) is 5.00. The second kappa shape index (κ2) is 8.14. The van der Waals surface area contributed by atoms with Gasteiger partial charge in [-0.05, 0) is 20.4 Å². The highest BCUT2D eigenvalue weighted by atomic mass is 16.1. The topological polar surface area (TPSA) is 72.9 Å². The van der Waals surface area contributed by atoms with Gasteiger partial charge in [-0.25, -0.2) is 4.98 Å². The largest absolute Gasteiger partial charge is 0.325 e. The molecule has 0 saturated carbocycles. The van der Waals surface area contributed by atoms with Crippen molar-refractivity contribution in [3.63, 3.8) is 0 Å². The second-order valence-corrected chi connectivity index (χ2v) is 3.03. The van der Waals surface area contributed by atoms with Crippen LogP contribution in [0.1, 0.15) is 18.4 Å². The molecule has 0 spiro atoms. The fourth-order valence-corrected chi connectivity index (χ4v) is 1.08. The lowest BCUT2D eigenvalue weighted by atomic mass is 10.5. The molecule has 0 aliphatic rings. The summed E-state index contributed by atoms with van der Waals surface area (Å²) in [4.78, 5) is 14.2. The maximum atomic E-state index is 10.1. The molecule has 5 heteroatoms. The number of rotatable bonds is 4. The summed E-state index contributed by atoms with van der Waals surface area (Å²) in [5, 5.41) is 2.89. The highest BCUT2D eigenvalue weighted by Gasteiger charge is 1.98. The van der Waals surface area contributed by atoms with Crippen molar-refractivity contribution in [2.24, 2.45) is 5.73 Å². The first-order chi connectivity index (χ1) is 7.17. The Morgan fingerprint density at radius 1 is 1.60 bits per heavy atom. The summed E-state index contributed by atoms with van der Waals surface area (Å²) in [6, 6.07) is 0. The maximum Gasteiger partial charge on any atom is 0.139 e. The fraction of sp³-hybridized carbons (Fsp3) is 0.600. The zero-order valence-corrected chi connectivity index (χ0v) is 9.66. The van der Waals surface area contributed by atoms with Crippen molar-refractivity contribution in [1.82, 2.24) is 14.9 Å². The molecule has 0 radical (unpaired) electrons. The Kier molecular flexibility index (Phi) is 7.49. The maximum absolute atomic E-state index is 10.1. The van der Waals surface area contributed by atoms with E-state index in [9.17, 15) is 4.79 Å². The summed E-state index contributed by atoms with van der Waals surface area (Å²) in [6.07, 6.45) is 2.64. The van der Waals surface area contributed by atoms with E-state index in [0.29, 0.717) is 13.2 Å². The number of nitrogens with zero attached hydrogens (tertiary/aromatic N) is 2.